The molecule has 6 nitrogen and oxygen atoms in total. The highest BCUT2D eigenvalue weighted by Crippen LogP contribution is 2.34. The van der Waals surface area contributed by atoms with Crippen LogP contribution in [-0.2, 0) is 10.2 Å². The summed E-state index contributed by atoms with van der Waals surface area (Å²) in [7, 11) is -3.46. The van der Waals surface area contributed by atoms with Gasteiger partial charge in [-0.3, -0.25) is 0 Å². The van der Waals surface area contributed by atoms with Crippen LogP contribution in [0.3, 0.4) is 0 Å². The second-order valence-electron chi connectivity index (χ2n) is 5.77. The fourth-order valence-corrected chi connectivity index (χ4v) is 4.30. The van der Waals surface area contributed by atoms with E-state index in [0.29, 0.717) is 24.6 Å². The van der Waals surface area contributed by atoms with Gasteiger partial charge < -0.3 is 9.47 Å². The summed E-state index contributed by atoms with van der Waals surface area (Å²) >= 11 is 0. The van der Waals surface area contributed by atoms with Crippen LogP contribution in [0.15, 0.2) is 18.2 Å². The molecule has 0 radical (unpaired) electrons. The van der Waals surface area contributed by atoms with Gasteiger partial charge >= 0.3 is 0 Å². The van der Waals surface area contributed by atoms with Crippen molar-refractivity contribution in [2.24, 2.45) is 0 Å². The highest BCUT2D eigenvalue weighted by atomic mass is 32.2. The zero-order valence-electron chi connectivity index (χ0n) is 12.7. The summed E-state index contributed by atoms with van der Waals surface area (Å²) in [6.45, 7) is 3.26. The minimum Gasteiger partial charge on any atom is -0.454 e. The van der Waals surface area contributed by atoms with E-state index in [-0.39, 0.29) is 12.8 Å². The Morgan fingerprint density at radius 3 is 2.50 bits per heavy atom. The molecule has 7 heteroatoms. The molecule has 0 aromatic heterocycles. The molecule has 122 valence electrons. The molecule has 1 aromatic carbocycles. The van der Waals surface area contributed by atoms with Gasteiger partial charge in [0, 0.05) is 19.1 Å². The van der Waals surface area contributed by atoms with Gasteiger partial charge in [-0.1, -0.05) is 18.9 Å². The Hall–Kier alpha value is -1.31. The lowest BCUT2D eigenvalue weighted by Crippen LogP contribution is -2.42. The van der Waals surface area contributed by atoms with E-state index in [4.69, 9.17) is 9.47 Å². The van der Waals surface area contributed by atoms with Gasteiger partial charge in [0.15, 0.2) is 11.5 Å². The predicted octanol–water partition coefficient (Wildman–Crippen LogP) is 2.19. The Morgan fingerprint density at radius 1 is 1.09 bits per heavy atom. The van der Waals surface area contributed by atoms with E-state index >= 15 is 0 Å². The second kappa shape index (κ2) is 6.44. The van der Waals surface area contributed by atoms with Gasteiger partial charge in [0.05, 0.1) is 0 Å². The number of nitrogens with one attached hydrogen (secondary N) is 1. The minimum absolute atomic E-state index is 0.215. The van der Waals surface area contributed by atoms with Crippen LogP contribution in [0.1, 0.15) is 44.2 Å². The van der Waals surface area contributed by atoms with Gasteiger partial charge in [-0.05, 0) is 37.5 Å². The number of ether oxygens (including phenoxy) is 2. The van der Waals surface area contributed by atoms with Crippen molar-refractivity contribution in [3.05, 3.63) is 23.8 Å². The van der Waals surface area contributed by atoms with Crippen LogP contribution in [-0.4, -0.2) is 32.6 Å². The van der Waals surface area contributed by atoms with Crippen molar-refractivity contribution in [3.63, 3.8) is 0 Å². The van der Waals surface area contributed by atoms with E-state index in [9.17, 15) is 8.42 Å². The van der Waals surface area contributed by atoms with Gasteiger partial charge in [-0.25, -0.2) is 0 Å². The first-order chi connectivity index (χ1) is 10.6. The van der Waals surface area contributed by atoms with E-state index in [1.807, 2.05) is 25.1 Å². The number of fused-ring (bicyclic) bond motifs is 1. The molecule has 0 bridgehead atoms. The maximum absolute atomic E-state index is 12.5. The highest BCUT2D eigenvalue weighted by Gasteiger charge is 2.25. The molecular weight excluding hydrogens is 304 g/mol. The van der Waals surface area contributed by atoms with E-state index in [2.05, 4.69) is 4.72 Å². The van der Waals surface area contributed by atoms with Crippen molar-refractivity contribution in [1.29, 1.82) is 0 Å². The molecule has 0 amide bonds. The van der Waals surface area contributed by atoms with Gasteiger partial charge in [0.1, 0.15) is 0 Å². The molecule has 3 rings (SSSR count). The molecule has 0 aliphatic carbocycles. The summed E-state index contributed by atoms with van der Waals surface area (Å²) in [5.74, 6) is 1.37. The number of nitrogens with zero attached hydrogens (tertiary/aromatic N) is 1. The summed E-state index contributed by atoms with van der Waals surface area (Å²) in [5, 5.41) is 0. The lowest BCUT2D eigenvalue weighted by atomic mass is 10.1. The Bertz CT molecular complexity index is 624. The monoisotopic (exact) mass is 326 g/mol. The van der Waals surface area contributed by atoms with E-state index in [1.54, 1.807) is 4.31 Å². The minimum atomic E-state index is -3.46. The third-order valence-electron chi connectivity index (χ3n) is 4.13. The van der Waals surface area contributed by atoms with E-state index in [1.165, 1.54) is 0 Å². The van der Waals surface area contributed by atoms with Crippen LogP contribution >= 0.6 is 0 Å². The summed E-state index contributed by atoms with van der Waals surface area (Å²) in [4.78, 5) is 0. The van der Waals surface area contributed by atoms with Crippen molar-refractivity contribution in [2.45, 2.75) is 38.6 Å². The number of rotatable bonds is 4. The predicted molar refractivity (Wildman–Crippen MR) is 83.1 cm³/mol. The maximum Gasteiger partial charge on any atom is 0.279 e. The lowest BCUT2D eigenvalue weighted by Gasteiger charge is -2.23. The Morgan fingerprint density at radius 2 is 1.77 bits per heavy atom. The van der Waals surface area contributed by atoms with E-state index in [0.717, 1.165) is 31.2 Å². The molecule has 1 N–H and O–H groups in total. The number of hydrogen-bond acceptors (Lipinski definition) is 4. The zero-order chi connectivity index (χ0) is 15.6. The second-order valence-corrected chi connectivity index (χ2v) is 7.47. The summed E-state index contributed by atoms with van der Waals surface area (Å²) < 4.78 is 40.0. The maximum atomic E-state index is 12.5. The third kappa shape index (κ3) is 3.37. The lowest BCUT2D eigenvalue weighted by molar-refractivity contribution is 0.174. The Labute approximate surface area is 131 Å². The molecule has 22 heavy (non-hydrogen) atoms. The SMILES string of the molecule is CC(NS(=O)(=O)N1CCCCCC1)c1ccc2c(c1)OCO2. The molecule has 1 saturated heterocycles. The first kappa shape index (κ1) is 15.6. The van der Waals surface area contributed by atoms with Crippen LogP contribution in [0.4, 0.5) is 0 Å². The fraction of sp³-hybridized carbons (Fsp3) is 0.600. The summed E-state index contributed by atoms with van der Waals surface area (Å²) in [5.41, 5.74) is 0.864. The summed E-state index contributed by atoms with van der Waals surface area (Å²) in [6, 6.07) is 5.19. The van der Waals surface area contributed by atoms with E-state index < -0.39 is 10.2 Å². The molecule has 2 aliphatic rings. The van der Waals surface area contributed by atoms with Crippen LogP contribution in [0, 0.1) is 0 Å². The first-order valence-corrected chi connectivity index (χ1v) is 9.17. The van der Waals surface area contributed by atoms with Crippen molar-refractivity contribution in [2.75, 3.05) is 19.9 Å². The number of hydrogen-bond donors (Lipinski definition) is 1. The first-order valence-electron chi connectivity index (χ1n) is 7.73. The van der Waals surface area contributed by atoms with Crippen LogP contribution in [0.25, 0.3) is 0 Å². The topological polar surface area (TPSA) is 67.9 Å². The van der Waals surface area contributed by atoms with Gasteiger partial charge in [-0.15, -0.1) is 0 Å². The fourth-order valence-electron chi connectivity index (χ4n) is 2.83. The van der Waals surface area contributed by atoms with Crippen molar-refractivity contribution in [3.8, 4) is 11.5 Å². The molecule has 2 aliphatic heterocycles. The van der Waals surface area contributed by atoms with Crippen LogP contribution in [0.2, 0.25) is 0 Å². The van der Waals surface area contributed by atoms with Gasteiger partial charge in [0.2, 0.25) is 6.79 Å². The number of benzene rings is 1. The molecule has 1 atom stereocenters. The molecule has 1 fully saturated rings. The Kier molecular flexibility index (Phi) is 4.56. The standard InChI is InChI=1S/C15H22N2O4S/c1-12(13-6-7-14-15(10-13)21-11-20-14)16-22(18,19)17-8-4-2-3-5-9-17/h6-7,10,12,16H,2-5,8-9,11H2,1H3. The highest BCUT2D eigenvalue weighted by molar-refractivity contribution is 7.87. The quantitative estimate of drug-likeness (QED) is 0.921. The van der Waals surface area contributed by atoms with Crippen molar-refractivity contribution in [1.82, 2.24) is 9.03 Å². The normalized spacial score (nSPS) is 20.6. The Balaban J connectivity index is 1.71. The molecule has 0 spiro atoms. The van der Waals surface area contributed by atoms with Gasteiger partial charge in [-0.2, -0.15) is 17.4 Å². The average molecular weight is 326 g/mol. The molecule has 1 aromatic rings. The molecule has 0 saturated carbocycles. The smallest absolute Gasteiger partial charge is 0.279 e. The summed E-state index contributed by atoms with van der Waals surface area (Å²) in [6.07, 6.45) is 4.06. The van der Waals surface area contributed by atoms with Crippen molar-refractivity contribution >= 4 is 10.2 Å². The van der Waals surface area contributed by atoms with Crippen LogP contribution in [0.5, 0.6) is 11.5 Å². The molecule has 1 unspecified atom stereocenters. The van der Waals surface area contributed by atoms with Crippen molar-refractivity contribution < 1.29 is 17.9 Å². The molecular formula is C15H22N2O4S. The third-order valence-corrected chi connectivity index (χ3v) is 5.82. The van der Waals surface area contributed by atoms with Crippen LogP contribution < -0.4 is 14.2 Å². The zero-order valence-corrected chi connectivity index (χ0v) is 13.6. The largest absolute Gasteiger partial charge is 0.454 e. The average Bonchev–Trinajstić information content (AvgIpc) is 2.77. The van der Waals surface area contributed by atoms with Gasteiger partial charge in [0.25, 0.3) is 10.2 Å². The molecule has 2 heterocycles.